The van der Waals surface area contributed by atoms with Gasteiger partial charge in [-0.1, -0.05) is 6.42 Å². The van der Waals surface area contributed by atoms with E-state index in [4.69, 9.17) is 0 Å². The summed E-state index contributed by atoms with van der Waals surface area (Å²) in [4.78, 5) is 2.22. The Balaban J connectivity index is 1.77. The fourth-order valence-corrected chi connectivity index (χ4v) is 2.60. The highest BCUT2D eigenvalue weighted by molar-refractivity contribution is 5.26. The van der Waals surface area contributed by atoms with Crippen molar-refractivity contribution in [3.63, 3.8) is 0 Å². The Hall–Kier alpha value is -0.870. The molecular formula is C14H26N4. The summed E-state index contributed by atoms with van der Waals surface area (Å²) in [7, 11) is 4.24. The van der Waals surface area contributed by atoms with Gasteiger partial charge in [-0.25, -0.2) is 0 Å². The quantitative estimate of drug-likeness (QED) is 0.597. The highest BCUT2D eigenvalue weighted by atomic mass is 15.1. The molecule has 0 aliphatic heterocycles. The first-order valence-electron chi connectivity index (χ1n) is 7.18. The summed E-state index contributed by atoms with van der Waals surface area (Å²) in [6.07, 6.45) is 7.58. The number of nitrogens with zero attached hydrogens (tertiary/aromatic N) is 2. The maximum Gasteiger partial charge on any atom is 0.0794 e. The Morgan fingerprint density at radius 3 is 2.89 bits per heavy atom. The molecule has 1 aliphatic rings. The standard InChI is InChI=1S/C14H26N4/c1-18(2)10-6-9-15-11-14-12-7-4-3-5-8-13(12)16-17-14/h15H,3-11H2,1-2H3,(H,16,17). The van der Waals surface area contributed by atoms with E-state index in [1.165, 1.54) is 55.5 Å². The number of hydrogen-bond acceptors (Lipinski definition) is 3. The van der Waals surface area contributed by atoms with Crippen LogP contribution < -0.4 is 5.32 Å². The van der Waals surface area contributed by atoms with Crippen molar-refractivity contribution >= 4 is 0 Å². The Morgan fingerprint density at radius 1 is 1.22 bits per heavy atom. The Kier molecular flexibility index (Phi) is 5.20. The number of rotatable bonds is 6. The van der Waals surface area contributed by atoms with Crippen LogP contribution in [-0.2, 0) is 19.4 Å². The fraction of sp³-hybridized carbons (Fsp3) is 0.786. The summed E-state index contributed by atoms with van der Waals surface area (Å²) in [5.41, 5.74) is 4.13. The van der Waals surface area contributed by atoms with Crippen LogP contribution in [0.25, 0.3) is 0 Å². The van der Waals surface area contributed by atoms with Crippen LogP contribution in [0.5, 0.6) is 0 Å². The average molecular weight is 250 g/mol. The zero-order valence-electron chi connectivity index (χ0n) is 11.8. The van der Waals surface area contributed by atoms with Crippen LogP contribution in [0.4, 0.5) is 0 Å². The molecule has 0 fully saturated rings. The molecule has 1 aliphatic carbocycles. The van der Waals surface area contributed by atoms with Gasteiger partial charge in [0.05, 0.1) is 5.69 Å². The lowest BCUT2D eigenvalue weighted by Gasteiger charge is -2.09. The number of aryl methyl sites for hydroxylation is 1. The number of aromatic nitrogens is 2. The van der Waals surface area contributed by atoms with E-state index in [0.29, 0.717) is 0 Å². The monoisotopic (exact) mass is 250 g/mol. The fourth-order valence-electron chi connectivity index (χ4n) is 2.60. The second-order valence-corrected chi connectivity index (χ2v) is 5.52. The first kappa shape index (κ1) is 13.6. The van der Waals surface area contributed by atoms with Gasteiger partial charge in [-0.3, -0.25) is 5.10 Å². The second kappa shape index (κ2) is 6.90. The van der Waals surface area contributed by atoms with Crippen molar-refractivity contribution in [1.29, 1.82) is 0 Å². The Morgan fingerprint density at radius 2 is 2.06 bits per heavy atom. The van der Waals surface area contributed by atoms with Crippen molar-refractivity contribution in [2.45, 2.75) is 45.1 Å². The minimum absolute atomic E-state index is 0.916. The van der Waals surface area contributed by atoms with Gasteiger partial charge in [0.15, 0.2) is 0 Å². The van der Waals surface area contributed by atoms with Crippen LogP contribution >= 0.6 is 0 Å². The average Bonchev–Trinajstić information content (AvgIpc) is 2.58. The number of H-pyrrole nitrogens is 1. The molecule has 0 atom stereocenters. The van der Waals surface area contributed by atoms with Gasteiger partial charge in [-0.2, -0.15) is 5.10 Å². The molecule has 0 radical (unpaired) electrons. The lowest BCUT2D eigenvalue weighted by Crippen LogP contribution is -2.21. The number of fused-ring (bicyclic) bond motifs is 1. The molecule has 0 amide bonds. The van der Waals surface area contributed by atoms with Gasteiger partial charge in [0, 0.05) is 12.2 Å². The smallest absolute Gasteiger partial charge is 0.0794 e. The van der Waals surface area contributed by atoms with Crippen LogP contribution in [0.1, 0.15) is 42.6 Å². The van der Waals surface area contributed by atoms with E-state index in [-0.39, 0.29) is 0 Å². The Bertz CT molecular complexity index is 357. The molecule has 2 rings (SSSR count). The molecule has 4 heteroatoms. The van der Waals surface area contributed by atoms with Crippen molar-refractivity contribution in [1.82, 2.24) is 20.4 Å². The minimum Gasteiger partial charge on any atom is -0.311 e. The summed E-state index contributed by atoms with van der Waals surface area (Å²) in [6.45, 7) is 3.13. The van der Waals surface area contributed by atoms with Gasteiger partial charge in [0.25, 0.3) is 0 Å². The van der Waals surface area contributed by atoms with Gasteiger partial charge in [0.2, 0.25) is 0 Å². The third-order valence-electron chi connectivity index (χ3n) is 3.64. The van der Waals surface area contributed by atoms with E-state index < -0.39 is 0 Å². The van der Waals surface area contributed by atoms with Crippen molar-refractivity contribution in [2.24, 2.45) is 0 Å². The number of hydrogen-bond donors (Lipinski definition) is 2. The maximum atomic E-state index is 4.47. The van der Waals surface area contributed by atoms with Gasteiger partial charge >= 0.3 is 0 Å². The highest BCUT2D eigenvalue weighted by Crippen LogP contribution is 2.21. The molecule has 0 bridgehead atoms. The molecule has 0 aromatic carbocycles. The molecule has 4 nitrogen and oxygen atoms in total. The number of nitrogens with one attached hydrogen (secondary N) is 2. The van der Waals surface area contributed by atoms with Gasteiger partial charge < -0.3 is 10.2 Å². The molecule has 0 spiro atoms. The molecule has 1 aromatic rings. The highest BCUT2D eigenvalue weighted by Gasteiger charge is 2.14. The third-order valence-corrected chi connectivity index (χ3v) is 3.64. The Labute approximate surface area is 110 Å². The molecule has 2 N–H and O–H groups in total. The SMILES string of the molecule is CN(C)CCCNCc1n[nH]c2c1CCCCC2. The van der Waals surface area contributed by atoms with Crippen LogP contribution in [0.2, 0.25) is 0 Å². The third kappa shape index (κ3) is 3.82. The van der Waals surface area contributed by atoms with Gasteiger partial charge in [0.1, 0.15) is 0 Å². The van der Waals surface area contributed by atoms with Crippen LogP contribution in [0.3, 0.4) is 0 Å². The normalized spacial score (nSPS) is 15.7. The van der Waals surface area contributed by atoms with Crippen molar-refractivity contribution in [3.05, 3.63) is 17.0 Å². The largest absolute Gasteiger partial charge is 0.311 e. The van der Waals surface area contributed by atoms with E-state index >= 15 is 0 Å². The summed E-state index contributed by atoms with van der Waals surface area (Å²) in [5, 5.41) is 11.2. The molecule has 1 heterocycles. The van der Waals surface area contributed by atoms with E-state index in [9.17, 15) is 0 Å². The van der Waals surface area contributed by atoms with Gasteiger partial charge in [-0.15, -0.1) is 0 Å². The molecular weight excluding hydrogens is 224 g/mol. The summed E-state index contributed by atoms with van der Waals surface area (Å²) < 4.78 is 0. The molecule has 1 aromatic heterocycles. The zero-order chi connectivity index (χ0) is 12.8. The van der Waals surface area contributed by atoms with E-state index in [0.717, 1.165) is 19.6 Å². The molecule has 0 saturated carbocycles. The molecule has 0 unspecified atom stereocenters. The first-order valence-corrected chi connectivity index (χ1v) is 7.18. The van der Waals surface area contributed by atoms with Crippen LogP contribution in [0.15, 0.2) is 0 Å². The minimum atomic E-state index is 0.916. The van der Waals surface area contributed by atoms with Crippen LogP contribution in [-0.4, -0.2) is 42.3 Å². The molecule has 18 heavy (non-hydrogen) atoms. The van der Waals surface area contributed by atoms with Crippen molar-refractivity contribution < 1.29 is 0 Å². The topological polar surface area (TPSA) is 44.0 Å². The lowest BCUT2D eigenvalue weighted by atomic mass is 10.1. The predicted molar refractivity (Wildman–Crippen MR) is 74.7 cm³/mol. The molecule has 0 saturated heterocycles. The maximum absolute atomic E-state index is 4.47. The van der Waals surface area contributed by atoms with Crippen molar-refractivity contribution in [3.8, 4) is 0 Å². The summed E-state index contributed by atoms with van der Waals surface area (Å²) >= 11 is 0. The molecule has 102 valence electrons. The summed E-state index contributed by atoms with van der Waals surface area (Å²) in [5.74, 6) is 0. The van der Waals surface area contributed by atoms with Crippen LogP contribution in [0, 0.1) is 0 Å². The summed E-state index contributed by atoms with van der Waals surface area (Å²) in [6, 6.07) is 0. The predicted octanol–water partition coefficient (Wildman–Crippen LogP) is 1.72. The van der Waals surface area contributed by atoms with E-state index in [1.807, 2.05) is 0 Å². The van der Waals surface area contributed by atoms with Crippen molar-refractivity contribution in [2.75, 3.05) is 27.2 Å². The van der Waals surface area contributed by atoms with Gasteiger partial charge in [-0.05, 0) is 64.9 Å². The van der Waals surface area contributed by atoms with E-state index in [1.54, 1.807) is 0 Å². The first-order chi connectivity index (χ1) is 8.77. The lowest BCUT2D eigenvalue weighted by molar-refractivity contribution is 0.394. The second-order valence-electron chi connectivity index (χ2n) is 5.52. The van der Waals surface area contributed by atoms with E-state index in [2.05, 4.69) is 34.5 Å². The zero-order valence-corrected chi connectivity index (χ0v) is 11.8. The number of aromatic amines is 1.